The summed E-state index contributed by atoms with van der Waals surface area (Å²) in [5.41, 5.74) is 8.30. The van der Waals surface area contributed by atoms with Crippen molar-refractivity contribution in [2.45, 2.75) is 33.3 Å². The number of benzene rings is 1. The number of hydrogen-bond donors (Lipinski definition) is 2. The minimum atomic E-state index is -0.330. The van der Waals surface area contributed by atoms with Gasteiger partial charge in [-0.2, -0.15) is 4.98 Å². The van der Waals surface area contributed by atoms with Crippen LogP contribution >= 0.6 is 0 Å². The predicted molar refractivity (Wildman–Crippen MR) is 83.5 cm³/mol. The molecular weight excluding hydrogens is 250 g/mol. The van der Waals surface area contributed by atoms with E-state index in [2.05, 4.69) is 17.2 Å². The van der Waals surface area contributed by atoms with Crippen molar-refractivity contribution >= 4 is 17.2 Å². The molecule has 0 aliphatic rings. The average molecular weight is 271 g/mol. The lowest BCUT2D eigenvalue weighted by Gasteiger charge is -2.21. The molecule has 0 fully saturated rings. The molecule has 2 aromatic rings. The van der Waals surface area contributed by atoms with Gasteiger partial charge >= 0.3 is 0 Å². The molecule has 0 aliphatic heterocycles. The Labute approximate surface area is 120 Å². The van der Waals surface area contributed by atoms with Crippen molar-refractivity contribution < 1.29 is 4.74 Å². The fourth-order valence-corrected chi connectivity index (χ4v) is 1.68. The summed E-state index contributed by atoms with van der Waals surface area (Å²) >= 11 is 0. The van der Waals surface area contributed by atoms with Gasteiger partial charge in [-0.1, -0.05) is 17.7 Å². The number of ether oxygens (including phenoxy) is 1. The van der Waals surface area contributed by atoms with Crippen LogP contribution in [0, 0.1) is 6.92 Å². The zero-order valence-electron chi connectivity index (χ0n) is 12.4. The van der Waals surface area contributed by atoms with E-state index in [1.165, 1.54) is 5.56 Å². The van der Waals surface area contributed by atoms with Crippen LogP contribution in [0.4, 0.5) is 17.2 Å². The first-order chi connectivity index (χ1) is 9.33. The number of hydrogen-bond acceptors (Lipinski definition) is 4. The van der Waals surface area contributed by atoms with Crippen LogP contribution < -0.4 is 15.8 Å². The molecule has 0 saturated heterocycles. The Hall–Kier alpha value is -2.23. The molecule has 0 atom stereocenters. The second kappa shape index (κ2) is 5.41. The highest BCUT2D eigenvalue weighted by Crippen LogP contribution is 2.26. The fraction of sp³-hybridized carbons (Fsp3) is 0.312. The third-order valence-electron chi connectivity index (χ3n) is 2.62. The van der Waals surface area contributed by atoms with Gasteiger partial charge in [-0.15, -0.1) is 0 Å². The maximum Gasteiger partial charge on any atom is 0.239 e. The van der Waals surface area contributed by atoms with Crippen molar-refractivity contribution in [2.75, 3.05) is 11.1 Å². The Morgan fingerprint density at radius 3 is 2.30 bits per heavy atom. The molecule has 0 spiro atoms. The molecule has 0 bridgehead atoms. The van der Waals surface area contributed by atoms with Crippen LogP contribution in [-0.4, -0.2) is 10.6 Å². The number of nitrogens with two attached hydrogens (primary N) is 1. The minimum absolute atomic E-state index is 0.330. The van der Waals surface area contributed by atoms with E-state index < -0.39 is 0 Å². The highest BCUT2D eigenvalue weighted by Gasteiger charge is 2.15. The summed E-state index contributed by atoms with van der Waals surface area (Å²) < 4.78 is 5.75. The lowest BCUT2D eigenvalue weighted by Crippen LogP contribution is -2.24. The zero-order valence-corrected chi connectivity index (χ0v) is 12.4. The third-order valence-corrected chi connectivity index (χ3v) is 2.62. The number of pyridine rings is 1. The second-order valence-electron chi connectivity index (χ2n) is 5.80. The first kappa shape index (κ1) is 14.2. The third kappa shape index (κ3) is 3.88. The lowest BCUT2D eigenvalue weighted by molar-refractivity contribution is 0.125. The number of anilines is 3. The van der Waals surface area contributed by atoms with E-state index in [1.807, 2.05) is 51.1 Å². The van der Waals surface area contributed by atoms with E-state index in [4.69, 9.17) is 10.5 Å². The minimum Gasteiger partial charge on any atom is -0.470 e. The Balaban J connectivity index is 2.20. The number of rotatable bonds is 3. The van der Waals surface area contributed by atoms with Gasteiger partial charge in [0.25, 0.3) is 0 Å². The van der Waals surface area contributed by atoms with Gasteiger partial charge in [0.15, 0.2) is 0 Å². The quantitative estimate of drug-likeness (QED) is 0.889. The van der Waals surface area contributed by atoms with Gasteiger partial charge < -0.3 is 15.8 Å². The smallest absolute Gasteiger partial charge is 0.239 e. The van der Waals surface area contributed by atoms with Gasteiger partial charge in [0.1, 0.15) is 11.4 Å². The molecule has 3 N–H and O–H groups in total. The maximum atomic E-state index is 5.89. The first-order valence-electron chi connectivity index (χ1n) is 6.63. The molecule has 20 heavy (non-hydrogen) atoms. The van der Waals surface area contributed by atoms with E-state index in [0.29, 0.717) is 17.4 Å². The Kier molecular flexibility index (Phi) is 3.84. The zero-order chi connectivity index (χ0) is 14.8. The summed E-state index contributed by atoms with van der Waals surface area (Å²) in [7, 11) is 0. The number of aromatic nitrogens is 1. The fourth-order valence-electron chi connectivity index (χ4n) is 1.68. The summed E-state index contributed by atoms with van der Waals surface area (Å²) in [5, 5.41) is 3.24. The summed E-state index contributed by atoms with van der Waals surface area (Å²) in [6.07, 6.45) is 0. The number of nitrogens with zero attached hydrogens (tertiary/aromatic N) is 1. The van der Waals surface area contributed by atoms with E-state index in [0.717, 1.165) is 5.69 Å². The summed E-state index contributed by atoms with van der Waals surface area (Å²) in [6, 6.07) is 11.8. The molecule has 1 aromatic carbocycles. The van der Waals surface area contributed by atoms with Gasteiger partial charge in [-0.05, 0) is 52.0 Å². The van der Waals surface area contributed by atoms with Crippen LogP contribution in [0.15, 0.2) is 36.4 Å². The monoisotopic (exact) mass is 271 g/mol. The van der Waals surface area contributed by atoms with Crippen molar-refractivity contribution in [3.63, 3.8) is 0 Å². The topological polar surface area (TPSA) is 60.2 Å². The van der Waals surface area contributed by atoms with Crippen LogP contribution in [0.25, 0.3) is 0 Å². The number of aryl methyl sites for hydroxylation is 1. The molecular formula is C16H21N3O. The molecule has 0 radical (unpaired) electrons. The Morgan fingerprint density at radius 1 is 1.05 bits per heavy atom. The predicted octanol–water partition coefficient (Wildman–Crippen LogP) is 3.89. The summed E-state index contributed by atoms with van der Waals surface area (Å²) in [5.74, 6) is 1.16. The van der Waals surface area contributed by atoms with E-state index in [9.17, 15) is 0 Å². The highest BCUT2D eigenvalue weighted by atomic mass is 16.5. The van der Waals surface area contributed by atoms with Crippen LogP contribution in [-0.2, 0) is 0 Å². The molecule has 2 rings (SSSR count). The number of nitrogen functional groups attached to an aromatic ring is 1. The molecule has 0 unspecified atom stereocenters. The lowest BCUT2D eigenvalue weighted by atomic mass is 10.2. The largest absolute Gasteiger partial charge is 0.470 e. The highest BCUT2D eigenvalue weighted by molar-refractivity contribution is 5.60. The van der Waals surface area contributed by atoms with E-state index in [1.54, 1.807) is 6.07 Å². The Bertz CT molecular complexity index is 586. The van der Waals surface area contributed by atoms with Crippen LogP contribution in [0.2, 0.25) is 0 Å². The molecule has 0 aliphatic carbocycles. The summed E-state index contributed by atoms with van der Waals surface area (Å²) in [4.78, 5) is 4.42. The first-order valence-corrected chi connectivity index (χ1v) is 6.63. The SMILES string of the molecule is Cc1ccc(Nc2ccc(N)c(OC(C)(C)C)n2)cc1. The molecule has 4 nitrogen and oxygen atoms in total. The molecule has 0 amide bonds. The van der Waals surface area contributed by atoms with E-state index >= 15 is 0 Å². The molecule has 4 heteroatoms. The van der Waals surface area contributed by atoms with Gasteiger partial charge in [-0.3, -0.25) is 0 Å². The number of nitrogens with one attached hydrogen (secondary N) is 1. The van der Waals surface area contributed by atoms with E-state index in [-0.39, 0.29) is 5.60 Å². The second-order valence-corrected chi connectivity index (χ2v) is 5.80. The van der Waals surface area contributed by atoms with Crippen molar-refractivity contribution in [1.29, 1.82) is 0 Å². The van der Waals surface area contributed by atoms with Crippen molar-refractivity contribution in [2.24, 2.45) is 0 Å². The molecule has 1 heterocycles. The maximum absolute atomic E-state index is 5.89. The summed E-state index contributed by atoms with van der Waals surface area (Å²) in [6.45, 7) is 7.96. The molecule has 0 saturated carbocycles. The molecule has 1 aromatic heterocycles. The van der Waals surface area contributed by atoms with Gasteiger partial charge in [0.2, 0.25) is 5.88 Å². The average Bonchev–Trinajstić information content (AvgIpc) is 2.34. The van der Waals surface area contributed by atoms with Crippen molar-refractivity contribution in [3.05, 3.63) is 42.0 Å². The normalized spacial score (nSPS) is 11.2. The van der Waals surface area contributed by atoms with Crippen LogP contribution in [0.1, 0.15) is 26.3 Å². The van der Waals surface area contributed by atoms with Crippen molar-refractivity contribution in [1.82, 2.24) is 4.98 Å². The van der Waals surface area contributed by atoms with Gasteiger partial charge in [0, 0.05) is 5.69 Å². The van der Waals surface area contributed by atoms with Crippen molar-refractivity contribution in [3.8, 4) is 5.88 Å². The standard InChI is InChI=1S/C16H21N3O/c1-11-5-7-12(8-6-11)18-14-10-9-13(17)15(19-14)20-16(2,3)4/h5-10H,17H2,1-4H3,(H,18,19). The molecule has 106 valence electrons. The van der Waals surface area contributed by atoms with Gasteiger partial charge in [0.05, 0.1) is 5.69 Å². The van der Waals surface area contributed by atoms with Gasteiger partial charge in [-0.25, -0.2) is 0 Å². The van der Waals surface area contributed by atoms with Crippen LogP contribution in [0.3, 0.4) is 0 Å². The van der Waals surface area contributed by atoms with Crippen LogP contribution in [0.5, 0.6) is 5.88 Å². The Morgan fingerprint density at radius 2 is 1.70 bits per heavy atom.